The molecule has 10 heteroatoms. The quantitative estimate of drug-likeness (QED) is 0.306. The number of benzene rings is 2. The third kappa shape index (κ3) is 4.47. The van der Waals surface area contributed by atoms with Crippen LogP contribution >= 0.6 is 23.6 Å². The van der Waals surface area contributed by atoms with Gasteiger partial charge in [0.05, 0.1) is 22.9 Å². The van der Waals surface area contributed by atoms with Gasteiger partial charge < -0.3 is 10.2 Å². The number of halogens is 6. The van der Waals surface area contributed by atoms with E-state index >= 15 is 0 Å². The summed E-state index contributed by atoms with van der Waals surface area (Å²) in [7, 11) is 0. The van der Waals surface area contributed by atoms with Crippen LogP contribution in [0.25, 0.3) is 0 Å². The summed E-state index contributed by atoms with van der Waals surface area (Å²) in [4.78, 5) is 2.80. The van der Waals surface area contributed by atoms with E-state index < -0.39 is 29.5 Å². The Balaban J connectivity index is 1.68. The van der Waals surface area contributed by atoms with Crippen LogP contribution in [-0.4, -0.2) is 16.6 Å². The Labute approximate surface area is 189 Å². The molecule has 1 aromatic heterocycles. The first-order chi connectivity index (χ1) is 15.1. The highest BCUT2D eigenvalue weighted by Gasteiger charge is 2.36. The van der Waals surface area contributed by atoms with Gasteiger partial charge in [-0.15, -0.1) is 11.3 Å². The minimum atomic E-state index is -4.56. The minimum Gasteiger partial charge on any atom is -0.337 e. The van der Waals surface area contributed by atoms with Crippen molar-refractivity contribution in [1.82, 2.24) is 4.90 Å². The maximum absolute atomic E-state index is 13.4. The Morgan fingerprint density at radius 3 is 2.28 bits per heavy atom. The third-order valence-electron chi connectivity index (χ3n) is 5.25. The van der Waals surface area contributed by atoms with Gasteiger partial charge in [0, 0.05) is 11.4 Å². The lowest BCUT2D eigenvalue weighted by Gasteiger charge is -2.38. The summed E-state index contributed by atoms with van der Waals surface area (Å²) in [5.74, 6) is 0. The van der Waals surface area contributed by atoms with Gasteiger partial charge in [0.2, 0.25) is 0 Å². The molecule has 168 valence electrons. The maximum Gasteiger partial charge on any atom is 0.418 e. The molecule has 0 bridgehead atoms. The Hall–Kier alpha value is -2.59. The Morgan fingerprint density at radius 2 is 1.62 bits per heavy atom. The van der Waals surface area contributed by atoms with Gasteiger partial charge in [-0.2, -0.15) is 26.3 Å². The van der Waals surface area contributed by atoms with Gasteiger partial charge in [-0.1, -0.05) is 24.3 Å². The molecular weight excluding hydrogens is 470 g/mol. The molecule has 0 radical (unpaired) electrons. The number of thiophene rings is 1. The lowest BCUT2D eigenvalue weighted by molar-refractivity contribution is -0.138. The molecule has 1 aliphatic rings. The van der Waals surface area contributed by atoms with Crippen LogP contribution in [0.15, 0.2) is 60.0 Å². The van der Waals surface area contributed by atoms with Crippen molar-refractivity contribution in [2.24, 2.45) is 0 Å². The number of hydrogen-bond acceptors (Lipinski definition) is 2. The van der Waals surface area contributed by atoms with E-state index in [1.165, 1.54) is 41.7 Å². The van der Waals surface area contributed by atoms with Gasteiger partial charge in [-0.25, -0.2) is 0 Å². The zero-order chi connectivity index (χ0) is 23.1. The number of nitrogens with one attached hydrogen (secondary N) is 1. The molecule has 4 rings (SSSR count). The normalized spacial score (nSPS) is 16.6. The predicted octanol–water partition coefficient (Wildman–Crippen LogP) is 7.13. The zero-order valence-corrected chi connectivity index (χ0v) is 17.9. The van der Waals surface area contributed by atoms with Gasteiger partial charge in [-0.05, 0) is 65.5 Å². The van der Waals surface area contributed by atoms with Crippen LogP contribution in [0, 0.1) is 0 Å². The van der Waals surface area contributed by atoms with Crippen molar-refractivity contribution in [3.05, 3.63) is 87.1 Å². The summed E-state index contributed by atoms with van der Waals surface area (Å²) >= 11 is 7.01. The molecule has 1 N–H and O–H groups in total. The first kappa shape index (κ1) is 22.6. The van der Waals surface area contributed by atoms with Crippen LogP contribution in [0.1, 0.15) is 33.2 Å². The lowest BCUT2D eigenvalue weighted by atomic mass is 9.93. The minimum absolute atomic E-state index is 0.0726. The number of rotatable bonds is 2. The van der Waals surface area contributed by atoms with Crippen molar-refractivity contribution >= 4 is 34.4 Å². The van der Waals surface area contributed by atoms with E-state index in [1.54, 1.807) is 4.90 Å². The molecule has 1 atom stereocenters. The van der Waals surface area contributed by atoms with E-state index in [0.29, 0.717) is 18.5 Å². The van der Waals surface area contributed by atoms with E-state index in [1.807, 2.05) is 11.4 Å². The molecule has 2 heterocycles. The zero-order valence-electron chi connectivity index (χ0n) is 16.3. The largest absolute Gasteiger partial charge is 0.418 e. The number of alkyl halides is 6. The molecule has 0 spiro atoms. The first-order valence-electron chi connectivity index (χ1n) is 9.53. The van der Waals surface area contributed by atoms with Crippen molar-refractivity contribution in [2.75, 3.05) is 11.9 Å². The van der Waals surface area contributed by atoms with Gasteiger partial charge in [0.25, 0.3) is 0 Å². The van der Waals surface area contributed by atoms with Crippen LogP contribution in [0.4, 0.5) is 32.0 Å². The number of nitrogens with zero attached hydrogens (tertiary/aromatic N) is 1. The topological polar surface area (TPSA) is 15.3 Å². The van der Waals surface area contributed by atoms with Gasteiger partial charge in [0.1, 0.15) is 0 Å². The molecule has 2 nitrogen and oxygen atoms in total. The standard InChI is InChI=1S/C22H16F6N2S2/c23-21(24,25)14-7-5-13(6-8-14)19-15-10-12-32-18(15)9-11-30(19)20(31)29-17-4-2-1-3-16(17)22(26,27)28/h1-8,10,12,19H,9,11H2,(H,29,31)/t19-/m1/s1. The molecule has 0 fully saturated rings. The molecule has 3 aromatic rings. The number of fused-ring (bicyclic) bond motifs is 1. The average Bonchev–Trinajstić information content (AvgIpc) is 3.21. The van der Waals surface area contributed by atoms with E-state index in [0.717, 1.165) is 28.6 Å². The van der Waals surface area contributed by atoms with E-state index in [4.69, 9.17) is 12.2 Å². The fourth-order valence-electron chi connectivity index (χ4n) is 3.78. The summed E-state index contributed by atoms with van der Waals surface area (Å²) in [5, 5.41) is 4.67. The summed E-state index contributed by atoms with van der Waals surface area (Å²) in [5.41, 5.74) is -0.331. The SMILES string of the molecule is FC(F)(F)c1ccc([C@@H]2c3ccsc3CCN2C(=S)Nc2ccccc2C(F)(F)F)cc1. The second-order valence-corrected chi connectivity index (χ2v) is 8.63. The fraction of sp³-hybridized carbons (Fsp3) is 0.227. The van der Waals surface area contributed by atoms with E-state index in [9.17, 15) is 26.3 Å². The second kappa shape index (κ2) is 8.40. The highest BCUT2D eigenvalue weighted by molar-refractivity contribution is 7.80. The van der Waals surface area contributed by atoms with Crippen molar-refractivity contribution < 1.29 is 26.3 Å². The van der Waals surface area contributed by atoms with Gasteiger partial charge in [0.15, 0.2) is 5.11 Å². The maximum atomic E-state index is 13.4. The first-order valence-corrected chi connectivity index (χ1v) is 10.8. The summed E-state index contributed by atoms with van der Waals surface area (Å²) in [6.45, 7) is 0.416. The third-order valence-corrected chi connectivity index (χ3v) is 6.59. The molecule has 2 aromatic carbocycles. The lowest BCUT2D eigenvalue weighted by Crippen LogP contribution is -2.42. The number of thiocarbonyl (C=S) groups is 1. The molecule has 0 amide bonds. The van der Waals surface area contributed by atoms with Crippen molar-refractivity contribution in [1.29, 1.82) is 0 Å². The Morgan fingerprint density at radius 1 is 0.938 bits per heavy atom. The van der Waals surface area contributed by atoms with Crippen LogP contribution in [0.3, 0.4) is 0 Å². The van der Waals surface area contributed by atoms with Gasteiger partial charge in [-0.3, -0.25) is 0 Å². The molecule has 0 saturated heterocycles. The fourth-order valence-corrected chi connectivity index (χ4v) is 4.99. The van der Waals surface area contributed by atoms with Crippen LogP contribution in [0.2, 0.25) is 0 Å². The highest BCUT2D eigenvalue weighted by Crippen LogP contribution is 2.40. The van der Waals surface area contributed by atoms with E-state index in [2.05, 4.69) is 5.32 Å². The monoisotopic (exact) mass is 486 g/mol. The van der Waals surface area contributed by atoms with Crippen LogP contribution in [0.5, 0.6) is 0 Å². The highest BCUT2D eigenvalue weighted by atomic mass is 32.1. The number of para-hydroxylation sites is 1. The molecule has 0 saturated carbocycles. The Kier molecular flexibility index (Phi) is 5.93. The molecule has 32 heavy (non-hydrogen) atoms. The summed E-state index contributed by atoms with van der Waals surface area (Å²) in [6, 6.07) is 11.2. The summed E-state index contributed by atoms with van der Waals surface area (Å²) < 4.78 is 79.2. The van der Waals surface area contributed by atoms with Crippen molar-refractivity contribution in [3.8, 4) is 0 Å². The Bertz CT molecular complexity index is 1120. The smallest absolute Gasteiger partial charge is 0.337 e. The van der Waals surface area contributed by atoms with Crippen LogP contribution < -0.4 is 5.32 Å². The number of hydrogen-bond donors (Lipinski definition) is 1. The number of anilines is 1. The van der Waals surface area contributed by atoms with Crippen molar-refractivity contribution in [2.45, 2.75) is 24.8 Å². The van der Waals surface area contributed by atoms with Crippen LogP contribution in [-0.2, 0) is 18.8 Å². The van der Waals surface area contributed by atoms with E-state index in [-0.39, 0.29) is 10.8 Å². The molecular formula is C22H16F6N2S2. The van der Waals surface area contributed by atoms with Gasteiger partial charge >= 0.3 is 12.4 Å². The average molecular weight is 487 g/mol. The predicted molar refractivity (Wildman–Crippen MR) is 116 cm³/mol. The molecule has 1 aliphatic heterocycles. The molecule has 0 unspecified atom stereocenters. The molecule has 0 aliphatic carbocycles. The summed E-state index contributed by atoms with van der Waals surface area (Å²) in [6.07, 6.45) is -8.39. The van der Waals surface area contributed by atoms with Crippen molar-refractivity contribution in [3.63, 3.8) is 0 Å². The second-order valence-electron chi connectivity index (χ2n) is 7.24.